The summed E-state index contributed by atoms with van der Waals surface area (Å²) >= 11 is 0. The average molecular weight is 404 g/mol. The first-order valence-electron chi connectivity index (χ1n) is 11.0. The fourth-order valence-electron chi connectivity index (χ4n) is 4.22. The Morgan fingerprint density at radius 1 is 1.24 bits per heavy atom. The van der Waals surface area contributed by atoms with Gasteiger partial charge in [0.1, 0.15) is 5.82 Å². The van der Waals surface area contributed by atoms with E-state index in [1.54, 1.807) is 12.1 Å². The van der Waals surface area contributed by atoms with Gasteiger partial charge in [0.2, 0.25) is 5.91 Å². The van der Waals surface area contributed by atoms with Crippen molar-refractivity contribution in [2.24, 2.45) is 5.92 Å². The molecule has 0 spiro atoms. The van der Waals surface area contributed by atoms with Gasteiger partial charge in [-0.15, -0.1) is 0 Å². The Balaban J connectivity index is 1.61. The SMILES string of the molecule is CC(C)CCN1CCC(NC(=O)c2cc(C3CCNCC3)ccc2F)CCC1=O. The lowest BCUT2D eigenvalue weighted by molar-refractivity contribution is -0.130. The van der Waals surface area contributed by atoms with Gasteiger partial charge in [-0.05, 0) is 74.7 Å². The normalized spacial score (nSPS) is 21.3. The van der Waals surface area contributed by atoms with Gasteiger partial charge in [-0.1, -0.05) is 19.9 Å². The first kappa shape index (κ1) is 21.8. The summed E-state index contributed by atoms with van der Waals surface area (Å²) in [6.07, 6.45) is 4.74. The predicted molar refractivity (Wildman–Crippen MR) is 112 cm³/mol. The number of benzene rings is 1. The number of carbonyl (C=O) groups is 2. The number of nitrogens with one attached hydrogen (secondary N) is 2. The topological polar surface area (TPSA) is 61.4 Å². The van der Waals surface area contributed by atoms with Crippen molar-refractivity contribution in [2.45, 2.75) is 64.3 Å². The molecule has 2 fully saturated rings. The number of carbonyl (C=O) groups excluding carboxylic acids is 2. The van der Waals surface area contributed by atoms with E-state index < -0.39 is 5.82 Å². The second-order valence-corrected chi connectivity index (χ2v) is 8.82. The molecule has 2 amide bonds. The lowest BCUT2D eigenvalue weighted by atomic mass is 9.89. The molecule has 1 unspecified atom stereocenters. The van der Waals surface area contributed by atoms with Crippen LogP contribution in [0.3, 0.4) is 0 Å². The molecule has 2 aliphatic heterocycles. The van der Waals surface area contributed by atoms with E-state index in [1.807, 2.05) is 4.90 Å². The minimum atomic E-state index is -0.483. The van der Waals surface area contributed by atoms with Crippen LogP contribution in [0.15, 0.2) is 18.2 Å². The van der Waals surface area contributed by atoms with Crippen LogP contribution in [0.25, 0.3) is 0 Å². The zero-order chi connectivity index (χ0) is 20.8. The molecular formula is C23H34FN3O2. The van der Waals surface area contributed by atoms with Crippen LogP contribution in [-0.2, 0) is 4.79 Å². The fourth-order valence-corrected chi connectivity index (χ4v) is 4.22. The number of hydrogen-bond acceptors (Lipinski definition) is 3. The van der Waals surface area contributed by atoms with Crippen molar-refractivity contribution >= 4 is 11.8 Å². The molecule has 0 bridgehead atoms. The van der Waals surface area contributed by atoms with Gasteiger partial charge in [-0.25, -0.2) is 4.39 Å². The van der Waals surface area contributed by atoms with E-state index in [0.717, 1.165) is 44.5 Å². The van der Waals surface area contributed by atoms with E-state index >= 15 is 0 Å². The number of hydrogen-bond donors (Lipinski definition) is 2. The van der Waals surface area contributed by atoms with Crippen molar-refractivity contribution in [3.8, 4) is 0 Å². The number of piperidine rings is 1. The third-order valence-corrected chi connectivity index (χ3v) is 6.16. The number of nitrogens with zero attached hydrogens (tertiary/aromatic N) is 1. The molecule has 0 aliphatic carbocycles. The first-order valence-corrected chi connectivity index (χ1v) is 11.0. The summed E-state index contributed by atoms with van der Waals surface area (Å²) in [6, 6.07) is 4.84. The molecule has 1 aromatic carbocycles. The van der Waals surface area contributed by atoms with Crippen LogP contribution in [0.2, 0.25) is 0 Å². The second kappa shape index (κ2) is 10.2. The van der Waals surface area contributed by atoms with Crippen molar-refractivity contribution in [1.82, 2.24) is 15.5 Å². The van der Waals surface area contributed by atoms with Crippen molar-refractivity contribution < 1.29 is 14.0 Å². The van der Waals surface area contributed by atoms with E-state index in [9.17, 15) is 14.0 Å². The first-order chi connectivity index (χ1) is 13.9. The lowest BCUT2D eigenvalue weighted by Gasteiger charge is -2.24. The highest BCUT2D eigenvalue weighted by atomic mass is 19.1. The van der Waals surface area contributed by atoms with Crippen molar-refractivity contribution in [2.75, 3.05) is 26.2 Å². The van der Waals surface area contributed by atoms with E-state index in [0.29, 0.717) is 37.6 Å². The maximum Gasteiger partial charge on any atom is 0.254 e. The van der Waals surface area contributed by atoms with Crippen molar-refractivity contribution in [3.63, 3.8) is 0 Å². The smallest absolute Gasteiger partial charge is 0.254 e. The Morgan fingerprint density at radius 3 is 2.72 bits per heavy atom. The summed E-state index contributed by atoms with van der Waals surface area (Å²) in [7, 11) is 0. The third kappa shape index (κ3) is 6.01. The molecule has 29 heavy (non-hydrogen) atoms. The van der Waals surface area contributed by atoms with Crippen molar-refractivity contribution in [1.29, 1.82) is 0 Å². The predicted octanol–water partition coefficient (Wildman–Crippen LogP) is 3.45. The molecule has 2 saturated heterocycles. The highest BCUT2D eigenvalue weighted by Crippen LogP contribution is 2.27. The maximum absolute atomic E-state index is 14.4. The summed E-state index contributed by atoms with van der Waals surface area (Å²) < 4.78 is 14.4. The van der Waals surface area contributed by atoms with Gasteiger partial charge in [-0.2, -0.15) is 0 Å². The maximum atomic E-state index is 14.4. The van der Waals surface area contributed by atoms with Crippen LogP contribution in [0.5, 0.6) is 0 Å². The molecule has 0 saturated carbocycles. The van der Waals surface area contributed by atoms with E-state index in [-0.39, 0.29) is 23.4 Å². The molecule has 2 N–H and O–H groups in total. The highest BCUT2D eigenvalue weighted by molar-refractivity contribution is 5.95. The number of likely N-dealkylation sites (tertiary alicyclic amines) is 1. The van der Waals surface area contributed by atoms with Gasteiger partial charge in [0.25, 0.3) is 5.91 Å². The fraction of sp³-hybridized carbons (Fsp3) is 0.652. The largest absolute Gasteiger partial charge is 0.349 e. The van der Waals surface area contributed by atoms with Gasteiger partial charge in [0.15, 0.2) is 0 Å². The van der Waals surface area contributed by atoms with Gasteiger partial charge in [0.05, 0.1) is 5.56 Å². The van der Waals surface area contributed by atoms with Crippen LogP contribution < -0.4 is 10.6 Å². The van der Waals surface area contributed by atoms with E-state index in [4.69, 9.17) is 0 Å². The minimum Gasteiger partial charge on any atom is -0.349 e. The average Bonchev–Trinajstić information content (AvgIpc) is 2.89. The van der Waals surface area contributed by atoms with Crippen LogP contribution in [0, 0.1) is 11.7 Å². The molecule has 1 atom stereocenters. The Morgan fingerprint density at radius 2 is 2.00 bits per heavy atom. The van der Waals surface area contributed by atoms with Crippen molar-refractivity contribution in [3.05, 3.63) is 35.1 Å². The lowest BCUT2D eigenvalue weighted by Crippen LogP contribution is -2.36. The standard InChI is InChI=1S/C23H34FN3O2/c1-16(2)9-13-27-14-10-19(4-6-22(27)28)26-23(29)20-15-18(3-5-21(20)24)17-7-11-25-12-8-17/h3,5,15-17,19,25H,4,6-14H2,1-2H3,(H,26,29). The second-order valence-electron chi connectivity index (χ2n) is 8.82. The van der Waals surface area contributed by atoms with Gasteiger partial charge in [-0.3, -0.25) is 9.59 Å². The van der Waals surface area contributed by atoms with E-state index in [2.05, 4.69) is 24.5 Å². The minimum absolute atomic E-state index is 0.0996. The number of rotatable bonds is 6. The molecule has 2 heterocycles. The molecule has 160 valence electrons. The zero-order valence-electron chi connectivity index (χ0n) is 17.7. The molecule has 3 rings (SSSR count). The Hall–Kier alpha value is -1.95. The summed E-state index contributed by atoms with van der Waals surface area (Å²) in [5.41, 5.74) is 1.15. The Kier molecular flexibility index (Phi) is 7.64. The molecule has 5 nitrogen and oxygen atoms in total. The van der Waals surface area contributed by atoms with Gasteiger partial charge in [0, 0.05) is 25.6 Å². The molecule has 2 aliphatic rings. The van der Waals surface area contributed by atoms with Crippen LogP contribution in [0.4, 0.5) is 4.39 Å². The quantitative estimate of drug-likeness (QED) is 0.765. The van der Waals surface area contributed by atoms with Crippen LogP contribution >= 0.6 is 0 Å². The molecule has 0 radical (unpaired) electrons. The molecule has 1 aromatic rings. The zero-order valence-corrected chi connectivity index (χ0v) is 17.7. The summed E-state index contributed by atoms with van der Waals surface area (Å²) in [5, 5.41) is 6.31. The molecule has 6 heteroatoms. The van der Waals surface area contributed by atoms with Gasteiger partial charge >= 0.3 is 0 Å². The Bertz CT molecular complexity index is 716. The number of halogens is 1. The monoisotopic (exact) mass is 403 g/mol. The van der Waals surface area contributed by atoms with Gasteiger partial charge < -0.3 is 15.5 Å². The summed E-state index contributed by atoms with van der Waals surface area (Å²) in [4.78, 5) is 27.1. The third-order valence-electron chi connectivity index (χ3n) is 6.16. The Labute approximate surface area is 173 Å². The molecular weight excluding hydrogens is 369 g/mol. The summed E-state index contributed by atoms with van der Waals surface area (Å²) in [5.74, 6) is 0.224. The van der Waals surface area contributed by atoms with Crippen LogP contribution in [0.1, 0.15) is 74.2 Å². The van der Waals surface area contributed by atoms with Crippen LogP contribution in [-0.4, -0.2) is 48.9 Å². The number of amides is 2. The van der Waals surface area contributed by atoms with E-state index in [1.165, 1.54) is 6.07 Å². The highest BCUT2D eigenvalue weighted by Gasteiger charge is 2.25. The summed E-state index contributed by atoms with van der Waals surface area (Å²) in [6.45, 7) is 7.62. The molecule has 0 aromatic heterocycles.